The van der Waals surface area contributed by atoms with E-state index in [4.69, 9.17) is 14.5 Å². The molecule has 2 aromatic carbocycles. The molecule has 8 heteroatoms. The lowest BCUT2D eigenvalue weighted by Crippen LogP contribution is -2.40. The number of benzene rings is 2. The van der Waals surface area contributed by atoms with Crippen LogP contribution in [0.5, 0.6) is 11.5 Å². The van der Waals surface area contributed by atoms with Crippen molar-refractivity contribution >= 4 is 28.2 Å². The Hall–Kier alpha value is -4.04. The number of carbonyl (C=O) groups excluding carboxylic acids is 1. The summed E-state index contributed by atoms with van der Waals surface area (Å²) in [5, 5.41) is 3.59. The fourth-order valence-electron chi connectivity index (χ4n) is 4.43. The number of nitrogens with one attached hydrogen (secondary N) is 1. The first-order chi connectivity index (χ1) is 18.3. The van der Waals surface area contributed by atoms with Gasteiger partial charge < -0.3 is 19.7 Å². The van der Waals surface area contributed by atoms with Gasteiger partial charge in [-0.25, -0.2) is 4.98 Å². The van der Waals surface area contributed by atoms with Gasteiger partial charge in [-0.1, -0.05) is 20.8 Å². The molecule has 38 heavy (non-hydrogen) atoms. The predicted octanol–water partition coefficient (Wildman–Crippen LogP) is 5.83. The molecule has 8 nitrogen and oxygen atoms in total. The van der Waals surface area contributed by atoms with Crippen LogP contribution in [-0.2, 0) is 0 Å². The first-order valence-corrected chi connectivity index (χ1v) is 12.8. The van der Waals surface area contributed by atoms with Crippen LogP contribution in [0.1, 0.15) is 44.6 Å². The average Bonchev–Trinajstić information content (AvgIpc) is 2.94. The van der Waals surface area contributed by atoms with E-state index in [1.807, 2.05) is 43.3 Å². The molecule has 0 spiro atoms. The summed E-state index contributed by atoms with van der Waals surface area (Å²) in [6.45, 7) is 8.99. The lowest BCUT2D eigenvalue weighted by atomic mass is 10.1. The summed E-state index contributed by atoms with van der Waals surface area (Å²) in [7, 11) is 3.30. The zero-order valence-corrected chi connectivity index (χ0v) is 22.9. The highest BCUT2D eigenvalue weighted by Crippen LogP contribution is 2.34. The summed E-state index contributed by atoms with van der Waals surface area (Å²) in [4.78, 5) is 28.2. The Kier molecular flexibility index (Phi) is 8.53. The van der Waals surface area contributed by atoms with Gasteiger partial charge in [-0.05, 0) is 37.3 Å². The largest absolute Gasteiger partial charge is 0.497 e. The van der Waals surface area contributed by atoms with Crippen molar-refractivity contribution in [2.24, 2.45) is 0 Å². The van der Waals surface area contributed by atoms with E-state index in [-0.39, 0.29) is 11.8 Å². The highest BCUT2D eigenvalue weighted by Gasteiger charge is 2.18. The quantitative estimate of drug-likeness (QED) is 0.251. The third-order valence-electron chi connectivity index (χ3n) is 6.22. The van der Waals surface area contributed by atoms with Crippen LogP contribution in [0, 0.1) is 0 Å². The first-order valence-electron chi connectivity index (χ1n) is 12.8. The Morgan fingerprint density at radius 1 is 0.921 bits per heavy atom. The van der Waals surface area contributed by atoms with Crippen molar-refractivity contribution in [1.29, 1.82) is 0 Å². The molecule has 198 valence electrons. The smallest absolute Gasteiger partial charge is 0.180 e. The van der Waals surface area contributed by atoms with Crippen LogP contribution in [0.4, 0.5) is 11.4 Å². The highest BCUT2D eigenvalue weighted by molar-refractivity contribution is 5.95. The molecule has 0 bridgehead atoms. The monoisotopic (exact) mass is 513 g/mol. The molecule has 0 saturated carbocycles. The SMILES string of the molecule is CCC(=O)c1cc(-c2cnc3ccc(N(CC(C)NC(C)C)c4cc(OC)cc(OC)c4)cc3n2)ccn1. The molecular weight excluding hydrogens is 478 g/mol. The molecule has 4 aromatic rings. The first kappa shape index (κ1) is 27.0. The number of hydrogen-bond donors (Lipinski definition) is 1. The summed E-state index contributed by atoms with van der Waals surface area (Å²) in [5.41, 5.74) is 5.38. The number of aromatic nitrogens is 3. The number of Topliss-reactive ketones (excluding diaryl/α,β-unsaturated/α-hetero) is 1. The van der Waals surface area contributed by atoms with Crippen LogP contribution in [0.3, 0.4) is 0 Å². The molecule has 0 radical (unpaired) electrons. The van der Waals surface area contributed by atoms with Crippen LogP contribution in [0.15, 0.2) is 60.9 Å². The van der Waals surface area contributed by atoms with E-state index in [1.54, 1.807) is 32.7 Å². The molecule has 0 aliphatic carbocycles. The number of fused-ring (bicyclic) bond motifs is 1. The molecular formula is C30H35N5O3. The average molecular weight is 514 g/mol. The summed E-state index contributed by atoms with van der Waals surface area (Å²) >= 11 is 0. The van der Waals surface area contributed by atoms with Crippen LogP contribution < -0.4 is 19.7 Å². The zero-order chi connectivity index (χ0) is 27.2. The number of nitrogens with zero attached hydrogens (tertiary/aromatic N) is 4. The number of pyridine rings is 1. The van der Waals surface area contributed by atoms with Crippen LogP contribution in [0.2, 0.25) is 0 Å². The van der Waals surface area contributed by atoms with Gasteiger partial charge in [-0.15, -0.1) is 0 Å². The van der Waals surface area contributed by atoms with E-state index in [2.05, 4.69) is 47.0 Å². The third-order valence-corrected chi connectivity index (χ3v) is 6.22. The normalized spacial score (nSPS) is 12.0. The maximum absolute atomic E-state index is 12.2. The van der Waals surface area contributed by atoms with Crippen molar-refractivity contribution in [3.8, 4) is 22.8 Å². The number of ketones is 1. The second-order valence-corrected chi connectivity index (χ2v) is 9.54. The summed E-state index contributed by atoms with van der Waals surface area (Å²) in [6, 6.07) is 16.1. The van der Waals surface area contributed by atoms with Gasteiger partial charge in [0.25, 0.3) is 0 Å². The Morgan fingerprint density at radius 3 is 2.32 bits per heavy atom. The predicted molar refractivity (Wildman–Crippen MR) is 152 cm³/mol. The Balaban J connectivity index is 1.78. The molecule has 0 saturated heterocycles. The highest BCUT2D eigenvalue weighted by atomic mass is 16.5. The minimum absolute atomic E-state index is 0.00336. The molecule has 4 rings (SSSR count). The van der Waals surface area contributed by atoms with Gasteiger partial charge in [0, 0.05) is 66.4 Å². The molecule has 0 amide bonds. The van der Waals surface area contributed by atoms with Gasteiger partial charge in [0.05, 0.1) is 37.1 Å². The van der Waals surface area contributed by atoms with Gasteiger partial charge in [-0.3, -0.25) is 14.8 Å². The Morgan fingerprint density at radius 2 is 1.66 bits per heavy atom. The lowest BCUT2D eigenvalue weighted by Gasteiger charge is -2.30. The molecule has 2 heterocycles. The maximum Gasteiger partial charge on any atom is 0.180 e. The van der Waals surface area contributed by atoms with E-state index < -0.39 is 0 Å². The number of rotatable bonds is 11. The van der Waals surface area contributed by atoms with E-state index in [1.165, 1.54) is 0 Å². The van der Waals surface area contributed by atoms with E-state index in [9.17, 15) is 4.79 Å². The summed E-state index contributed by atoms with van der Waals surface area (Å²) < 4.78 is 11.1. The standard InChI is InChI=1S/C30H35N5O3/c1-7-30(36)28-12-21(10-11-31-28)29-17-32-26-9-8-22(15-27(26)34-29)35(18-20(4)33-19(2)3)23-13-24(37-5)16-25(14-23)38-6/h8-17,19-20,33H,7,18H2,1-6H3. The molecule has 1 N–H and O–H groups in total. The van der Waals surface area contributed by atoms with Gasteiger partial charge in [0.15, 0.2) is 5.78 Å². The van der Waals surface area contributed by atoms with Gasteiger partial charge >= 0.3 is 0 Å². The molecule has 0 aliphatic heterocycles. The van der Waals surface area contributed by atoms with Crippen molar-refractivity contribution in [3.63, 3.8) is 0 Å². The number of ether oxygens (including phenoxy) is 2. The van der Waals surface area contributed by atoms with E-state index in [0.717, 1.165) is 28.0 Å². The molecule has 1 atom stereocenters. The van der Waals surface area contributed by atoms with Crippen molar-refractivity contribution < 1.29 is 14.3 Å². The maximum atomic E-state index is 12.2. The molecule has 1 unspecified atom stereocenters. The van der Waals surface area contributed by atoms with Crippen molar-refractivity contribution in [1.82, 2.24) is 20.3 Å². The van der Waals surface area contributed by atoms with Crippen LogP contribution >= 0.6 is 0 Å². The second-order valence-electron chi connectivity index (χ2n) is 9.54. The number of carbonyl (C=O) groups is 1. The number of hydrogen-bond acceptors (Lipinski definition) is 8. The van der Waals surface area contributed by atoms with Gasteiger partial charge in [0.2, 0.25) is 0 Å². The number of methoxy groups -OCH3 is 2. The van der Waals surface area contributed by atoms with Crippen LogP contribution in [0.25, 0.3) is 22.3 Å². The molecule has 0 fully saturated rings. The Labute approximate surface area is 224 Å². The topological polar surface area (TPSA) is 89.5 Å². The zero-order valence-electron chi connectivity index (χ0n) is 22.9. The van der Waals surface area contributed by atoms with E-state index >= 15 is 0 Å². The van der Waals surface area contributed by atoms with Crippen molar-refractivity contribution in [2.45, 2.75) is 46.2 Å². The number of anilines is 2. The van der Waals surface area contributed by atoms with Crippen molar-refractivity contribution in [3.05, 3.63) is 66.6 Å². The molecule has 0 aliphatic rings. The second kappa shape index (κ2) is 12.0. The minimum Gasteiger partial charge on any atom is -0.497 e. The Bertz CT molecular complexity index is 1400. The summed E-state index contributed by atoms with van der Waals surface area (Å²) in [5.74, 6) is 1.43. The third kappa shape index (κ3) is 6.26. The van der Waals surface area contributed by atoms with Gasteiger partial charge in [0.1, 0.15) is 17.2 Å². The minimum atomic E-state index is -0.00336. The fourth-order valence-corrected chi connectivity index (χ4v) is 4.43. The van der Waals surface area contributed by atoms with E-state index in [0.29, 0.717) is 41.9 Å². The summed E-state index contributed by atoms with van der Waals surface area (Å²) in [6.07, 6.45) is 3.77. The molecule has 2 aromatic heterocycles. The van der Waals surface area contributed by atoms with Crippen LogP contribution in [-0.4, -0.2) is 53.6 Å². The van der Waals surface area contributed by atoms with Crippen molar-refractivity contribution in [2.75, 3.05) is 25.7 Å². The fraction of sp³-hybridized carbons (Fsp3) is 0.333. The van der Waals surface area contributed by atoms with Gasteiger partial charge in [-0.2, -0.15) is 0 Å². The lowest BCUT2D eigenvalue weighted by molar-refractivity contribution is 0.0983.